The van der Waals surface area contributed by atoms with Crippen LogP contribution in [-0.4, -0.2) is 42.6 Å². The Morgan fingerprint density at radius 3 is 1.81 bits per heavy atom. The second-order valence-corrected chi connectivity index (χ2v) is 7.81. The molecule has 0 bridgehead atoms. The van der Waals surface area contributed by atoms with E-state index in [9.17, 15) is 8.78 Å². The Kier molecular flexibility index (Phi) is 10.4. The first kappa shape index (κ1) is 26.0. The van der Waals surface area contributed by atoms with Crippen molar-refractivity contribution in [3.63, 3.8) is 0 Å². The topological polar surface area (TPSA) is 19.4 Å². The van der Waals surface area contributed by atoms with Gasteiger partial charge in [0.15, 0.2) is 0 Å². The number of benzene rings is 2. The average molecular weight is 480 g/mol. The molecule has 1 aliphatic rings. The molecule has 0 aliphatic carbocycles. The van der Waals surface area contributed by atoms with Crippen LogP contribution in [0.2, 0.25) is 0 Å². The first-order valence-electron chi connectivity index (χ1n) is 10.6. The molecule has 0 N–H and O–H groups in total. The molecule has 0 spiro atoms. The lowest BCUT2D eigenvalue weighted by atomic mass is 9.87. The summed E-state index contributed by atoms with van der Waals surface area (Å²) in [6.45, 7) is 5.03. The average Bonchev–Trinajstić information content (AvgIpc) is 2.79. The van der Waals surface area contributed by atoms with Gasteiger partial charge in [-0.25, -0.2) is 13.8 Å². The van der Waals surface area contributed by atoms with E-state index in [4.69, 9.17) is 0 Å². The van der Waals surface area contributed by atoms with Crippen molar-refractivity contribution in [2.45, 2.75) is 18.8 Å². The molecule has 7 heteroatoms. The van der Waals surface area contributed by atoms with Crippen molar-refractivity contribution in [1.29, 1.82) is 0 Å². The number of rotatable bonds is 7. The summed E-state index contributed by atoms with van der Waals surface area (Å²) < 4.78 is 26.8. The fraction of sp³-hybridized carbons (Fsp3) is 0.320. The molecule has 4 rings (SSSR count). The maximum atomic E-state index is 13.4. The molecule has 32 heavy (non-hydrogen) atoms. The maximum Gasteiger partial charge on any atom is 0.128 e. The van der Waals surface area contributed by atoms with Crippen molar-refractivity contribution >= 4 is 30.6 Å². The van der Waals surface area contributed by atoms with E-state index in [0.717, 1.165) is 62.5 Å². The summed E-state index contributed by atoms with van der Waals surface area (Å²) in [5, 5.41) is 0. The lowest BCUT2D eigenvalue weighted by Crippen LogP contribution is -2.46. The van der Waals surface area contributed by atoms with Gasteiger partial charge < -0.3 is 4.90 Å². The number of hydrogen-bond donors (Lipinski definition) is 0. The van der Waals surface area contributed by atoms with Gasteiger partial charge in [-0.1, -0.05) is 30.3 Å². The Bertz CT molecular complexity index is 871. The van der Waals surface area contributed by atoms with E-state index >= 15 is 0 Å². The van der Waals surface area contributed by atoms with Crippen LogP contribution in [0.3, 0.4) is 0 Å². The van der Waals surface area contributed by atoms with Gasteiger partial charge in [0.05, 0.1) is 0 Å². The van der Waals surface area contributed by atoms with E-state index in [1.165, 1.54) is 24.3 Å². The minimum absolute atomic E-state index is 0. The molecule has 0 saturated carbocycles. The molecule has 1 aromatic heterocycles. The van der Waals surface area contributed by atoms with E-state index in [1.54, 1.807) is 0 Å². The van der Waals surface area contributed by atoms with Crippen molar-refractivity contribution in [2.75, 3.05) is 37.6 Å². The predicted octanol–water partition coefficient (Wildman–Crippen LogP) is 5.94. The second kappa shape index (κ2) is 12.7. The van der Waals surface area contributed by atoms with Gasteiger partial charge in [0.25, 0.3) is 0 Å². The first-order valence-corrected chi connectivity index (χ1v) is 10.6. The number of anilines is 1. The van der Waals surface area contributed by atoms with Crippen molar-refractivity contribution in [1.82, 2.24) is 9.88 Å². The fourth-order valence-electron chi connectivity index (χ4n) is 4.18. The largest absolute Gasteiger partial charge is 0.354 e. The van der Waals surface area contributed by atoms with Gasteiger partial charge in [0.1, 0.15) is 17.5 Å². The number of pyridine rings is 1. The van der Waals surface area contributed by atoms with Gasteiger partial charge >= 0.3 is 0 Å². The van der Waals surface area contributed by atoms with Crippen LogP contribution < -0.4 is 4.90 Å². The molecule has 1 fully saturated rings. The summed E-state index contributed by atoms with van der Waals surface area (Å²) in [7, 11) is 0. The first-order chi connectivity index (χ1) is 14.7. The standard InChI is InChI=1S/C25H27F2N3.2ClH/c26-22-10-6-20(7-11-22)24(21-8-12-23(27)13-9-21)4-3-15-29-16-18-30(19-17-29)25-5-1-2-14-28-25;;/h1-2,5-14,24H,3-4,15-19H2;2*1H. The summed E-state index contributed by atoms with van der Waals surface area (Å²) in [5.41, 5.74) is 2.14. The molecule has 0 unspecified atom stereocenters. The van der Waals surface area contributed by atoms with Gasteiger partial charge in [-0.15, -0.1) is 24.8 Å². The van der Waals surface area contributed by atoms with Crippen LogP contribution in [0.1, 0.15) is 29.9 Å². The zero-order chi connectivity index (χ0) is 20.8. The fourth-order valence-corrected chi connectivity index (χ4v) is 4.18. The molecule has 3 nitrogen and oxygen atoms in total. The Morgan fingerprint density at radius 2 is 1.31 bits per heavy atom. The van der Waals surface area contributed by atoms with E-state index in [1.807, 2.05) is 42.6 Å². The minimum Gasteiger partial charge on any atom is -0.354 e. The molecule has 1 aliphatic heterocycles. The molecule has 0 radical (unpaired) electrons. The van der Waals surface area contributed by atoms with Crippen LogP contribution >= 0.6 is 24.8 Å². The van der Waals surface area contributed by atoms with E-state index in [0.29, 0.717) is 0 Å². The molecule has 3 aromatic rings. The molecular weight excluding hydrogens is 451 g/mol. The lowest BCUT2D eigenvalue weighted by molar-refractivity contribution is 0.251. The Hall–Kier alpha value is -2.21. The smallest absolute Gasteiger partial charge is 0.128 e. The van der Waals surface area contributed by atoms with Crippen LogP contribution in [0.15, 0.2) is 72.9 Å². The van der Waals surface area contributed by atoms with Crippen molar-refractivity contribution < 1.29 is 8.78 Å². The number of aromatic nitrogens is 1. The van der Waals surface area contributed by atoms with Gasteiger partial charge in [-0.05, 0) is 66.9 Å². The van der Waals surface area contributed by atoms with Crippen molar-refractivity contribution in [3.05, 3.63) is 95.7 Å². The van der Waals surface area contributed by atoms with Crippen molar-refractivity contribution in [2.24, 2.45) is 0 Å². The summed E-state index contributed by atoms with van der Waals surface area (Å²) in [6, 6.07) is 19.4. The van der Waals surface area contributed by atoms with Crippen LogP contribution in [0, 0.1) is 11.6 Å². The highest BCUT2D eigenvalue weighted by Crippen LogP contribution is 2.30. The molecular formula is C25H29Cl2F2N3. The molecule has 0 amide bonds. The van der Waals surface area contributed by atoms with Crippen LogP contribution in [-0.2, 0) is 0 Å². The number of piperazine rings is 1. The second-order valence-electron chi connectivity index (χ2n) is 7.81. The van der Waals surface area contributed by atoms with Gasteiger partial charge in [-0.3, -0.25) is 4.90 Å². The SMILES string of the molecule is Cl.Cl.Fc1ccc(C(CCCN2CCN(c3ccccn3)CC2)c2ccc(F)cc2)cc1. The number of nitrogens with zero attached hydrogens (tertiary/aromatic N) is 3. The Morgan fingerprint density at radius 1 is 0.750 bits per heavy atom. The normalized spacial score (nSPS) is 14.0. The monoisotopic (exact) mass is 479 g/mol. The third-order valence-corrected chi connectivity index (χ3v) is 5.86. The molecule has 172 valence electrons. The number of halogens is 4. The van der Waals surface area contributed by atoms with Crippen molar-refractivity contribution in [3.8, 4) is 0 Å². The maximum absolute atomic E-state index is 13.4. The lowest BCUT2D eigenvalue weighted by Gasteiger charge is -2.35. The molecule has 1 saturated heterocycles. The van der Waals surface area contributed by atoms with Gasteiger partial charge in [0.2, 0.25) is 0 Å². The number of hydrogen-bond acceptors (Lipinski definition) is 3. The van der Waals surface area contributed by atoms with Gasteiger partial charge in [0, 0.05) is 38.3 Å². The van der Waals surface area contributed by atoms with Gasteiger partial charge in [-0.2, -0.15) is 0 Å². The molecule has 0 atom stereocenters. The molecule has 2 heterocycles. The Balaban J connectivity index is 0.00000181. The van der Waals surface area contributed by atoms with Crippen LogP contribution in [0.25, 0.3) is 0 Å². The highest BCUT2D eigenvalue weighted by molar-refractivity contribution is 5.85. The quantitative estimate of drug-likeness (QED) is 0.418. The molecule has 2 aromatic carbocycles. The highest BCUT2D eigenvalue weighted by atomic mass is 35.5. The zero-order valence-corrected chi connectivity index (χ0v) is 19.5. The third kappa shape index (κ3) is 6.89. The van der Waals surface area contributed by atoms with Crippen LogP contribution in [0.5, 0.6) is 0 Å². The summed E-state index contributed by atoms with van der Waals surface area (Å²) in [6.07, 6.45) is 3.81. The van der Waals surface area contributed by atoms with Crippen LogP contribution in [0.4, 0.5) is 14.6 Å². The zero-order valence-electron chi connectivity index (χ0n) is 17.9. The van der Waals surface area contributed by atoms with E-state index in [2.05, 4.69) is 20.9 Å². The summed E-state index contributed by atoms with van der Waals surface area (Å²) in [4.78, 5) is 9.27. The highest BCUT2D eigenvalue weighted by Gasteiger charge is 2.19. The van der Waals surface area contributed by atoms with E-state index < -0.39 is 0 Å². The summed E-state index contributed by atoms with van der Waals surface area (Å²) in [5.74, 6) is 0.718. The predicted molar refractivity (Wildman–Crippen MR) is 131 cm³/mol. The third-order valence-electron chi connectivity index (χ3n) is 5.86. The van der Waals surface area contributed by atoms with E-state index in [-0.39, 0.29) is 42.4 Å². The Labute approximate surface area is 201 Å². The minimum atomic E-state index is -0.234. The summed E-state index contributed by atoms with van der Waals surface area (Å²) >= 11 is 0.